The second-order valence-electron chi connectivity index (χ2n) is 7.62. The van der Waals surface area contributed by atoms with Crippen molar-refractivity contribution >= 4 is 0 Å². The second-order valence-corrected chi connectivity index (χ2v) is 7.62. The van der Waals surface area contributed by atoms with E-state index in [4.69, 9.17) is 0 Å². The Kier molecular flexibility index (Phi) is 2.71. The van der Waals surface area contributed by atoms with Crippen LogP contribution in [-0.4, -0.2) is 11.2 Å². The highest BCUT2D eigenvalue weighted by Crippen LogP contribution is 2.58. The van der Waals surface area contributed by atoms with E-state index in [-0.39, 0.29) is 6.10 Å². The van der Waals surface area contributed by atoms with Crippen LogP contribution in [-0.2, 0) is 0 Å². The Labute approximate surface area is 116 Å². The molecule has 0 bridgehead atoms. The molecule has 0 aromatic carbocycles. The minimum absolute atomic E-state index is 0.0442. The van der Waals surface area contributed by atoms with Gasteiger partial charge in [0.1, 0.15) is 0 Å². The minimum Gasteiger partial charge on any atom is -0.393 e. The third-order valence-corrected chi connectivity index (χ3v) is 6.67. The molecule has 1 fully saturated rings. The second kappa shape index (κ2) is 4.22. The number of aliphatic hydroxyl groups is 1. The van der Waals surface area contributed by atoms with E-state index < -0.39 is 0 Å². The van der Waals surface area contributed by atoms with Crippen LogP contribution in [0.25, 0.3) is 0 Å². The zero-order valence-electron chi connectivity index (χ0n) is 12.1. The third-order valence-electron chi connectivity index (χ3n) is 6.67. The van der Waals surface area contributed by atoms with E-state index in [0.29, 0.717) is 5.41 Å². The first-order valence-corrected chi connectivity index (χ1v) is 8.24. The first-order valence-electron chi connectivity index (χ1n) is 8.24. The summed E-state index contributed by atoms with van der Waals surface area (Å²) < 4.78 is 0. The highest BCUT2D eigenvalue weighted by atomic mass is 16.3. The van der Waals surface area contributed by atoms with E-state index in [0.717, 1.165) is 30.6 Å². The Hall–Kier alpha value is -0.560. The quantitative estimate of drug-likeness (QED) is 0.645. The molecule has 0 radical (unpaired) electrons. The summed E-state index contributed by atoms with van der Waals surface area (Å²) in [6.07, 6.45) is 14.9. The van der Waals surface area contributed by atoms with Crippen LogP contribution in [0.3, 0.4) is 0 Å². The number of hydrogen-bond donors (Lipinski definition) is 1. The number of fused-ring (bicyclic) bond motifs is 4. The summed E-state index contributed by atoms with van der Waals surface area (Å²) in [4.78, 5) is 0. The Morgan fingerprint density at radius 2 is 2.11 bits per heavy atom. The van der Waals surface area contributed by atoms with Gasteiger partial charge in [-0.15, -0.1) is 0 Å². The van der Waals surface area contributed by atoms with Gasteiger partial charge in [-0.05, 0) is 74.5 Å². The molecule has 4 aliphatic carbocycles. The summed E-state index contributed by atoms with van der Waals surface area (Å²) >= 11 is 0. The van der Waals surface area contributed by atoms with Gasteiger partial charge in [0.25, 0.3) is 0 Å². The topological polar surface area (TPSA) is 20.2 Å². The van der Waals surface area contributed by atoms with Gasteiger partial charge < -0.3 is 5.11 Å². The molecule has 0 aromatic heterocycles. The van der Waals surface area contributed by atoms with Gasteiger partial charge in [0.2, 0.25) is 0 Å². The summed E-state index contributed by atoms with van der Waals surface area (Å²) in [7, 11) is 0. The molecular weight excluding hydrogens is 232 g/mol. The molecule has 1 N–H and O–H groups in total. The molecule has 0 saturated heterocycles. The van der Waals surface area contributed by atoms with Gasteiger partial charge in [-0.3, -0.25) is 0 Å². The molecule has 104 valence electrons. The Morgan fingerprint density at radius 1 is 1.21 bits per heavy atom. The number of rotatable bonds is 0. The minimum atomic E-state index is -0.0442. The molecule has 0 spiro atoms. The normalized spacial score (nSPS) is 48.7. The predicted molar refractivity (Wildman–Crippen MR) is 77.7 cm³/mol. The Morgan fingerprint density at radius 3 is 3.00 bits per heavy atom. The molecule has 1 heteroatoms. The van der Waals surface area contributed by atoms with Crippen LogP contribution >= 0.6 is 0 Å². The molecular formula is C18H26O. The smallest absolute Gasteiger partial charge is 0.0580 e. The van der Waals surface area contributed by atoms with Crippen molar-refractivity contribution in [3.63, 3.8) is 0 Å². The van der Waals surface area contributed by atoms with Crippen molar-refractivity contribution in [1.29, 1.82) is 0 Å². The molecule has 4 aliphatic rings. The standard InChI is InChI=1S/C18H26O/c1-18-9-2-3-17(18)16-6-4-12-11-13(19)5-7-14(12)15(16)8-10-18/h2,9,13,15-17,19H,3-8,10-11H2,1H3/t13?,15-,16-,17+,18+/m1/s1. The number of aliphatic hydroxyl groups excluding tert-OH is 1. The van der Waals surface area contributed by atoms with E-state index in [1.165, 1.54) is 38.5 Å². The maximum Gasteiger partial charge on any atom is 0.0580 e. The first-order chi connectivity index (χ1) is 9.17. The summed E-state index contributed by atoms with van der Waals surface area (Å²) in [6.45, 7) is 2.49. The Balaban J connectivity index is 1.64. The van der Waals surface area contributed by atoms with Crippen molar-refractivity contribution in [3.8, 4) is 0 Å². The van der Waals surface area contributed by atoms with E-state index in [1.54, 1.807) is 11.1 Å². The average Bonchev–Trinajstić information content (AvgIpc) is 2.79. The van der Waals surface area contributed by atoms with Gasteiger partial charge in [-0.25, -0.2) is 0 Å². The van der Waals surface area contributed by atoms with Gasteiger partial charge in [0.05, 0.1) is 6.10 Å². The lowest BCUT2D eigenvalue weighted by atomic mass is 9.54. The number of hydrogen-bond acceptors (Lipinski definition) is 1. The molecule has 5 atom stereocenters. The monoisotopic (exact) mass is 258 g/mol. The first kappa shape index (κ1) is 12.2. The fraction of sp³-hybridized carbons (Fsp3) is 0.778. The fourth-order valence-electron chi connectivity index (χ4n) is 5.67. The van der Waals surface area contributed by atoms with Gasteiger partial charge in [-0.2, -0.15) is 0 Å². The van der Waals surface area contributed by atoms with Crippen molar-refractivity contribution in [1.82, 2.24) is 0 Å². The van der Waals surface area contributed by atoms with Crippen molar-refractivity contribution in [2.75, 3.05) is 0 Å². The maximum atomic E-state index is 9.89. The molecule has 1 saturated carbocycles. The van der Waals surface area contributed by atoms with Crippen molar-refractivity contribution in [3.05, 3.63) is 23.3 Å². The van der Waals surface area contributed by atoms with Crippen LogP contribution in [0.4, 0.5) is 0 Å². The lowest BCUT2D eigenvalue weighted by molar-refractivity contribution is 0.0554. The fourth-order valence-corrected chi connectivity index (χ4v) is 5.67. The van der Waals surface area contributed by atoms with Gasteiger partial charge >= 0.3 is 0 Å². The summed E-state index contributed by atoms with van der Waals surface area (Å²) in [5.41, 5.74) is 3.94. The molecule has 0 heterocycles. The SMILES string of the molecule is C[C@@]12C=CC[C@H]1[C@@H]1CCC3=C(CCC(O)C3)[C@H]1CC2. The van der Waals surface area contributed by atoms with E-state index in [1.807, 2.05) is 0 Å². The van der Waals surface area contributed by atoms with E-state index >= 15 is 0 Å². The van der Waals surface area contributed by atoms with Gasteiger partial charge in [-0.1, -0.05) is 30.2 Å². The lowest BCUT2D eigenvalue weighted by Gasteiger charge is -2.50. The van der Waals surface area contributed by atoms with Gasteiger partial charge in [0, 0.05) is 0 Å². The maximum absolute atomic E-state index is 9.89. The summed E-state index contributed by atoms with van der Waals surface area (Å²) in [6, 6.07) is 0. The third kappa shape index (κ3) is 1.77. The highest BCUT2D eigenvalue weighted by molar-refractivity contribution is 5.28. The van der Waals surface area contributed by atoms with Crippen LogP contribution < -0.4 is 0 Å². The molecule has 0 amide bonds. The van der Waals surface area contributed by atoms with Crippen LogP contribution in [0.1, 0.15) is 58.3 Å². The van der Waals surface area contributed by atoms with Crippen molar-refractivity contribution in [2.45, 2.75) is 64.4 Å². The van der Waals surface area contributed by atoms with Crippen molar-refractivity contribution < 1.29 is 5.11 Å². The van der Waals surface area contributed by atoms with Crippen LogP contribution in [0.15, 0.2) is 23.3 Å². The molecule has 1 nitrogen and oxygen atoms in total. The van der Waals surface area contributed by atoms with Crippen LogP contribution in [0.2, 0.25) is 0 Å². The van der Waals surface area contributed by atoms with E-state index in [2.05, 4.69) is 19.1 Å². The predicted octanol–water partition coefficient (Wildman–Crippen LogP) is 4.23. The largest absolute Gasteiger partial charge is 0.393 e. The molecule has 0 aliphatic heterocycles. The molecule has 4 rings (SSSR count). The Bertz CT molecular complexity index is 447. The molecule has 0 aromatic rings. The van der Waals surface area contributed by atoms with Crippen LogP contribution in [0, 0.1) is 23.2 Å². The van der Waals surface area contributed by atoms with Gasteiger partial charge in [0.15, 0.2) is 0 Å². The zero-order valence-corrected chi connectivity index (χ0v) is 12.1. The number of allylic oxidation sites excluding steroid dienone is 3. The van der Waals surface area contributed by atoms with E-state index in [9.17, 15) is 5.11 Å². The van der Waals surface area contributed by atoms with Crippen LogP contribution in [0.5, 0.6) is 0 Å². The highest BCUT2D eigenvalue weighted by Gasteiger charge is 2.49. The lowest BCUT2D eigenvalue weighted by Crippen LogP contribution is -2.41. The zero-order chi connectivity index (χ0) is 13.0. The summed E-state index contributed by atoms with van der Waals surface area (Å²) in [5.74, 6) is 2.71. The summed E-state index contributed by atoms with van der Waals surface area (Å²) in [5, 5.41) is 9.89. The van der Waals surface area contributed by atoms with Crippen molar-refractivity contribution in [2.24, 2.45) is 23.2 Å². The molecule has 19 heavy (non-hydrogen) atoms. The molecule has 1 unspecified atom stereocenters. The average molecular weight is 258 g/mol.